The van der Waals surface area contributed by atoms with Crippen LogP contribution in [0.2, 0.25) is 0 Å². The largest absolute Gasteiger partial charge is 0.573 e. The topological polar surface area (TPSA) is 43.7 Å². The minimum Gasteiger partial charge on any atom is -0.406 e. The van der Waals surface area contributed by atoms with Gasteiger partial charge in [-0.3, -0.25) is 4.79 Å². The molecule has 0 radical (unpaired) electrons. The van der Waals surface area contributed by atoms with E-state index in [4.69, 9.17) is 4.74 Å². The number of amides is 1. The average Bonchev–Trinajstić information content (AvgIpc) is 3.10. The van der Waals surface area contributed by atoms with E-state index in [2.05, 4.69) is 4.74 Å². The highest BCUT2D eigenvalue weighted by atomic mass is 19.4. The zero-order valence-corrected chi connectivity index (χ0v) is 20.9. The summed E-state index contributed by atoms with van der Waals surface area (Å²) in [5, 5.41) is 0. The van der Waals surface area contributed by atoms with Gasteiger partial charge in [-0.05, 0) is 49.6 Å². The number of hydrogen-bond donors (Lipinski definition) is 0. The van der Waals surface area contributed by atoms with Gasteiger partial charge >= 0.3 is 12.5 Å². The van der Waals surface area contributed by atoms with Crippen LogP contribution in [0.25, 0.3) is 11.1 Å². The molecule has 0 atom stereocenters. The van der Waals surface area contributed by atoms with Gasteiger partial charge in [0.2, 0.25) is 0 Å². The van der Waals surface area contributed by atoms with Crippen LogP contribution in [0, 0.1) is 6.92 Å². The predicted octanol–water partition coefficient (Wildman–Crippen LogP) is 6.68. The quantitative estimate of drug-likeness (QED) is 0.339. The molecule has 0 N–H and O–H groups in total. The molecule has 5 nitrogen and oxygen atoms in total. The Labute approximate surface area is 215 Å². The van der Waals surface area contributed by atoms with Gasteiger partial charge in [0.15, 0.2) is 0 Å². The Balaban J connectivity index is 1.92. The summed E-state index contributed by atoms with van der Waals surface area (Å²) in [4.78, 5) is 15.4. The van der Waals surface area contributed by atoms with Crippen LogP contribution in [0.15, 0.2) is 54.6 Å². The van der Waals surface area contributed by atoms with Gasteiger partial charge in [-0.25, -0.2) is 0 Å². The first-order valence-electron chi connectivity index (χ1n) is 11.8. The number of halogens is 6. The molecule has 0 unspecified atom stereocenters. The van der Waals surface area contributed by atoms with E-state index < -0.39 is 35.5 Å². The van der Waals surface area contributed by atoms with Crippen molar-refractivity contribution in [1.82, 2.24) is 9.47 Å². The van der Waals surface area contributed by atoms with Gasteiger partial charge < -0.3 is 18.9 Å². The van der Waals surface area contributed by atoms with E-state index in [9.17, 15) is 31.1 Å². The van der Waals surface area contributed by atoms with Crippen LogP contribution in [0.3, 0.4) is 0 Å². The fourth-order valence-electron chi connectivity index (χ4n) is 4.77. The minimum absolute atomic E-state index is 0.00103. The van der Waals surface area contributed by atoms with Crippen LogP contribution >= 0.6 is 0 Å². The summed E-state index contributed by atoms with van der Waals surface area (Å²) < 4.78 is 92.0. The Bertz CT molecular complexity index is 1300. The number of morpholine rings is 1. The summed E-state index contributed by atoms with van der Waals surface area (Å²) in [6.07, 6.45) is -9.74. The zero-order chi connectivity index (χ0) is 27.9. The number of hydrogen-bond acceptors (Lipinski definition) is 3. The lowest BCUT2D eigenvalue weighted by molar-refractivity contribution is -0.274. The standard InChI is InChI=1S/C27H26F6N2O3/c1-17-21(19-9-11-20(12-10-19)38-27(31,32)33)22(24(36)34-13-14-37-25(2,3)16-34)35(23(17)26(28,29)30)15-18-7-5-4-6-8-18/h4-12H,13-16H2,1-3H3. The van der Waals surface area contributed by atoms with Gasteiger partial charge in [0, 0.05) is 25.2 Å². The van der Waals surface area contributed by atoms with Crippen LogP contribution < -0.4 is 4.74 Å². The van der Waals surface area contributed by atoms with E-state index in [1.54, 1.807) is 44.2 Å². The Morgan fingerprint density at radius 2 is 1.63 bits per heavy atom. The molecule has 38 heavy (non-hydrogen) atoms. The second kappa shape index (κ2) is 10.0. The van der Waals surface area contributed by atoms with Gasteiger partial charge in [-0.15, -0.1) is 13.2 Å². The molecule has 11 heteroatoms. The monoisotopic (exact) mass is 540 g/mol. The SMILES string of the molecule is Cc1c(-c2ccc(OC(F)(F)F)cc2)c(C(=O)N2CCOC(C)(C)C2)n(Cc2ccccc2)c1C(F)(F)F. The number of alkyl halides is 6. The molecule has 3 aromatic rings. The summed E-state index contributed by atoms with van der Waals surface area (Å²) in [6.45, 7) is 5.13. The van der Waals surface area contributed by atoms with E-state index in [1.807, 2.05) is 0 Å². The molecule has 204 valence electrons. The lowest BCUT2D eigenvalue weighted by Crippen LogP contribution is -2.51. The van der Waals surface area contributed by atoms with Crippen molar-refractivity contribution in [1.29, 1.82) is 0 Å². The maximum Gasteiger partial charge on any atom is 0.573 e. The first kappa shape index (κ1) is 27.6. The number of rotatable bonds is 5. The number of nitrogens with zero attached hydrogens (tertiary/aromatic N) is 2. The second-order valence-corrected chi connectivity index (χ2v) is 9.67. The molecule has 1 aliphatic heterocycles. The molecular weight excluding hydrogens is 514 g/mol. The van der Waals surface area contributed by atoms with Crippen molar-refractivity contribution in [2.75, 3.05) is 19.7 Å². The van der Waals surface area contributed by atoms with Gasteiger partial charge in [0.1, 0.15) is 17.1 Å². The highest BCUT2D eigenvalue weighted by Gasteiger charge is 2.42. The molecule has 2 aromatic carbocycles. The van der Waals surface area contributed by atoms with Gasteiger partial charge in [-0.1, -0.05) is 42.5 Å². The molecule has 0 saturated carbocycles. The fraction of sp³-hybridized carbons (Fsp3) is 0.370. The van der Waals surface area contributed by atoms with E-state index >= 15 is 0 Å². The van der Waals surface area contributed by atoms with Crippen molar-refractivity contribution in [2.24, 2.45) is 0 Å². The van der Waals surface area contributed by atoms with Gasteiger partial charge in [0.05, 0.1) is 12.2 Å². The molecule has 0 aliphatic carbocycles. The van der Waals surface area contributed by atoms with Crippen LogP contribution in [-0.4, -0.2) is 47.0 Å². The zero-order valence-electron chi connectivity index (χ0n) is 20.9. The number of aromatic nitrogens is 1. The molecule has 1 amide bonds. The molecule has 4 rings (SSSR count). The van der Waals surface area contributed by atoms with Crippen molar-refractivity contribution in [3.05, 3.63) is 77.1 Å². The third-order valence-corrected chi connectivity index (χ3v) is 6.25. The molecule has 0 bridgehead atoms. The van der Waals surface area contributed by atoms with Crippen LogP contribution in [0.1, 0.15) is 41.2 Å². The lowest BCUT2D eigenvalue weighted by atomic mass is 9.99. The summed E-state index contributed by atoms with van der Waals surface area (Å²) in [7, 11) is 0. The number of benzene rings is 2. The van der Waals surface area contributed by atoms with E-state index in [1.165, 1.54) is 24.0 Å². The lowest BCUT2D eigenvalue weighted by Gasteiger charge is -2.38. The Morgan fingerprint density at radius 3 is 2.18 bits per heavy atom. The normalized spacial score (nSPS) is 16.0. The number of ether oxygens (including phenoxy) is 2. The molecule has 1 fully saturated rings. The van der Waals surface area contributed by atoms with Crippen molar-refractivity contribution in [3.8, 4) is 16.9 Å². The summed E-state index contributed by atoms with van der Waals surface area (Å²) >= 11 is 0. The van der Waals surface area contributed by atoms with Gasteiger partial charge in [-0.2, -0.15) is 13.2 Å². The van der Waals surface area contributed by atoms with E-state index in [-0.39, 0.29) is 48.6 Å². The summed E-state index contributed by atoms with van der Waals surface area (Å²) in [5.41, 5.74) is -1.39. The Kier molecular flexibility index (Phi) is 7.26. The first-order valence-corrected chi connectivity index (χ1v) is 11.8. The third-order valence-electron chi connectivity index (χ3n) is 6.25. The van der Waals surface area contributed by atoms with E-state index in [0.717, 1.165) is 16.7 Å². The maximum absolute atomic E-state index is 14.5. The number of carbonyl (C=O) groups excluding carboxylic acids is 1. The van der Waals surface area contributed by atoms with Crippen molar-refractivity contribution >= 4 is 5.91 Å². The molecule has 0 spiro atoms. The highest BCUT2D eigenvalue weighted by Crippen LogP contribution is 2.42. The maximum atomic E-state index is 14.5. The average molecular weight is 541 g/mol. The Hall–Kier alpha value is -3.47. The summed E-state index contributed by atoms with van der Waals surface area (Å²) in [5.74, 6) is -1.15. The molecular formula is C27H26F6N2O3. The molecule has 1 aromatic heterocycles. The van der Waals surface area contributed by atoms with Crippen molar-refractivity contribution < 1.29 is 40.6 Å². The van der Waals surface area contributed by atoms with Crippen LogP contribution in [-0.2, 0) is 17.5 Å². The van der Waals surface area contributed by atoms with Crippen LogP contribution in [0.4, 0.5) is 26.3 Å². The molecule has 2 heterocycles. The highest BCUT2D eigenvalue weighted by molar-refractivity contribution is 6.01. The third kappa shape index (κ3) is 5.98. The van der Waals surface area contributed by atoms with Gasteiger partial charge in [0.25, 0.3) is 5.91 Å². The van der Waals surface area contributed by atoms with Crippen molar-refractivity contribution in [3.63, 3.8) is 0 Å². The minimum atomic E-state index is -4.93. The molecule has 1 saturated heterocycles. The summed E-state index contributed by atoms with van der Waals surface area (Å²) in [6, 6.07) is 12.9. The van der Waals surface area contributed by atoms with Crippen molar-refractivity contribution in [2.45, 2.75) is 45.5 Å². The number of carbonyl (C=O) groups is 1. The molecule has 1 aliphatic rings. The predicted molar refractivity (Wildman–Crippen MR) is 128 cm³/mol. The first-order chi connectivity index (χ1) is 17.7. The second-order valence-electron chi connectivity index (χ2n) is 9.67. The fourth-order valence-corrected chi connectivity index (χ4v) is 4.77. The van der Waals surface area contributed by atoms with Crippen LogP contribution in [0.5, 0.6) is 5.75 Å². The smallest absolute Gasteiger partial charge is 0.406 e. The van der Waals surface area contributed by atoms with E-state index in [0.29, 0.717) is 5.56 Å². The Morgan fingerprint density at radius 1 is 1.00 bits per heavy atom.